The van der Waals surface area contributed by atoms with Crippen molar-refractivity contribution in [2.45, 2.75) is 34.2 Å². The average Bonchev–Trinajstić information content (AvgIpc) is 3.24. The van der Waals surface area contributed by atoms with Gasteiger partial charge in [-0.15, -0.1) is 0 Å². The number of hydrogen-bond acceptors (Lipinski definition) is 5. The minimum absolute atomic E-state index is 0.126. The Morgan fingerprint density at radius 1 is 1.10 bits per heavy atom. The van der Waals surface area contributed by atoms with Crippen molar-refractivity contribution in [3.63, 3.8) is 0 Å². The normalized spacial score (nSPS) is 11.7. The molecule has 0 unspecified atom stereocenters. The number of aromatic nitrogens is 6. The molecule has 0 aromatic carbocycles. The molecule has 0 amide bonds. The summed E-state index contributed by atoms with van der Waals surface area (Å²) in [7, 11) is 1.95. The molecular weight excluding hydrogens is 362 g/mol. The first kappa shape index (κ1) is 18.8. The van der Waals surface area contributed by atoms with Crippen LogP contribution in [-0.4, -0.2) is 29.3 Å². The summed E-state index contributed by atoms with van der Waals surface area (Å²) < 4.78 is 3.90. The van der Waals surface area contributed by atoms with E-state index in [9.17, 15) is 5.26 Å². The van der Waals surface area contributed by atoms with Crippen molar-refractivity contribution >= 4 is 11.2 Å². The standard InChI is InChI=1S/C22H23N7/c1-14-26-19-8-15(10-24-21(19)28(14)5)20-18(7-6-17(9-23)27-20)16-11-25-29(12-16)13-22(2,3)4/h6-8,10-12H,13H2,1-5H3. The van der Waals surface area contributed by atoms with E-state index in [0.717, 1.165) is 40.2 Å². The van der Waals surface area contributed by atoms with Gasteiger partial charge in [-0.05, 0) is 30.5 Å². The molecule has 4 aromatic heterocycles. The van der Waals surface area contributed by atoms with E-state index in [0.29, 0.717) is 11.4 Å². The summed E-state index contributed by atoms with van der Waals surface area (Å²) in [6.45, 7) is 9.30. The Kier molecular flexibility index (Phi) is 4.42. The average molecular weight is 385 g/mol. The van der Waals surface area contributed by atoms with Crippen LogP contribution in [-0.2, 0) is 13.6 Å². The maximum absolute atomic E-state index is 9.35. The van der Waals surface area contributed by atoms with Gasteiger partial charge in [-0.1, -0.05) is 20.8 Å². The third-order valence-corrected chi connectivity index (χ3v) is 4.80. The molecule has 0 aliphatic heterocycles. The Hall–Kier alpha value is -3.53. The van der Waals surface area contributed by atoms with Crippen molar-refractivity contribution in [2.24, 2.45) is 12.5 Å². The lowest BCUT2D eigenvalue weighted by molar-refractivity contribution is 0.325. The number of rotatable bonds is 3. The zero-order chi connectivity index (χ0) is 20.8. The third-order valence-electron chi connectivity index (χ3n) is 4.80. The highest BCUT2D eigenvalue weighted by Gasteiger charge is 2.17. The van der Waals surface area contributed by atoms with Gasteiger partial charge < -0.3 is 4.57 Å². The molecule has 0 fully saturated rings. The van der Waals surface area contributed by atoms with E-state index in [2.05, 4.69) is 46.9 Å². The second kappa shape index (κ2) is 6.82. The zero-order valence-electron chi connectivity index (χ0n) is 17.3. The fourth-order valence-corrected chi connectivity index (χ4v) is 3.37. The number of fused-ring (bicyclic) bond motifs is 1. The second-order valence-electron chi connectivity index (χ2n) is 8.48. The summed E-state index contributed by atoms with van der Waals surface area (Å²) in [5.41, 5.74) is 5.52. The van der Waals surface area contributed by atoms with Crippen molar-refractivity contribution in [1.82, 2.24) is 29.3 Å². The van der Waals surface area contributed by atoms with Gasteiger partial charge in [0.1, 0.15) is 23.1 Å². The molecule has 0 saturated heterocycles. The van der Waals surface area contributed by atoms with E-state index in [1.54, 1.807) is 12.3 Å². The quantitative estimate of drug-likeness (QED) is 0.529. The van der Waals surface area contributed by atoms with E-state index >= 15 is 0 Å². The van der Waals surface area contributed by atoms with Crippen LogP contribution in [0, 0.1) is 23.7 Å². The van der Waals surface area contributed by atoms with Crippen LogP contribution in [0.3, 0.4) is 0 Å². The maximum atomic E-state index is 9.35. The SMILES string of the molecule is Cc1nc2cc(-c3nc(C#N)ccc3-c3cnn(CC(C)(C)C)c3)cnc2n1C. The van der Waals surface area contributed by atoms with Gasteiger partial charge in [0.2, 0.25) is 0 Å². The predicted molar refractivity (Wildman–Crippen MR) is 112 cm³/mol. The maximum Gasteiger partial charge on any atom is 0.159 e. The molecule has 29 heavy (non-hydrogen) atoms. The van der Waals surface area contributed by atoms with Crippen LogP contribution in [0.1, 0.15) is 32.3 Å². The van der Waals surface area contributed by atoms with Gasteiger partial charge in [0.15, 0.2) is 5.65 Å². The van der Waals surface area contributed by atoms with Gasteiger partial charge in [-0.3, -0.25) is 4.68 Å². The predicted octanol–water partition coefficient (Wildman–Crippen LogP) is 4.12. The summed E-state index contributed by atoms with van der Waals surface area (Å²) >= 11 is 0. The number of imidazole rings is 1. The second-order valence-corrected chi connectivity index (χ2v) is 8.48. The highest BCUT2D eigenvalue weighted by atomic mass is 15.3. The fourth-order valence-electron chi connectivity index (χ4n) is 3.37. The minimum atomic E-state index is 0.126. The van der Waals surface area contributed by atoms with Crippen LogP contribution in [0.25, 0.3) is 33.5 Å². The molecule has 7 nitrogen and oxygen atoms in total. The van der Waals surface area contributed by atoms with E-state index in [1.807, 2.05) is 47.7 Å². The van der Waals surface area contributed by atoms with Crippen LogP contribution >= 0.6 is 0 Å². The van der Waals surface area contributed by atoms with Crippen LogP contribution in [0.4, 0.5) is 0 Å². The van der Waals surface area contributed by atoms with Gasteiger partial charge >= 0.3 is 0 Å². The molecule has 0 bridgehead atoms. The van der Waals surface area contributed by atoms with Crippen LogP contribution in [0.5, 0.6) is 0 Å². The molecule has 0 spiro atoms. The van der Waals surface area contributed by atoms with E-state index < -0.39 is 0 Å². The molecule has 0 atom stereocenters. The number of aryl methyl sites for hydroxylation is 2. The molecule has 146 valence electrons. The fraction of sp³-hybridized carbons (Fsp3) is 0.318. The van der Waals surface area contributed by atoms with Crippen molar-refractivity contribution < 1.29 is 0 Å². The lowest BCUT2D eigenvalue weighted by Gasteiger charge is -2.17. The van der Waals surface area contributed by atoms with Gasteiger partial charge in [-0.25, -0.2) is 15.0 Å². The Labute approximate surface area is 169 Å². The van der Waals surface area contributed by atoms with Crippen LogP contribution in [0.2, 0.25) is 0 Å². The minimum Gasteiger partial charge on any atom is -0.316 e. The zero-order valence-corrected chi connectivity index (χ0v) is 17.3. The molecule has 4 rings (SSSR count). The van der Waals surface area contributed by atoms with E-state index in [1.165, 1.54) is 0 Å². The van der Waals surface area contributed by atoms with Gasteiger partial charge in [-0.2, -0.15) is 10.4 Å². The monoisotopic (exact) mass is 385 g/mol. The highest BCUT2D eigenvalue weighted by Crippen LogP contribution is 2.32. The largest absolute Gasteiger partial charge is 0.316 e. The van der Waals surface area contributed by atoms with E-state index in [-0.39, 0.29) is 5.41 Å². The molecule has 4 aromatic rings. The van der Waals surface area contributed by atoms with Crippen LogP contribution < -0.4 is 0 Å². The molecule has 0 aliphatic carbocycles. The number of hydrogen-bond donors (Lipinski definition) is 0. The first-order valence-corrected chi connectivity index (χ1v) is 9.48. The van der Waals surface area contributed by atoms with Gasteiger partial charge in [0.05, 0.1) is 11.9 Å². The van der Waals surface area contributed by atoms with Crippen molar-refractivity contribution in [2.75, 3.05) is 0 Å². The highest BCUT2D eigenvalue weighted by molar-refractivity contribution is 5.84. The molecule has 7 heteroatoms. The topological polar surface area (TPSA) is 85.2 Å². The Morgan fingerprint density at radius 3 is 2.62 bits per heavy atom. The van der Waals surface area contributed by atoms with Crippen LogP contribution in [0.15, 0.2) is 36.8 Å². The van der Waals surface area contributed by atoms with Crippen molar-refractivity contribution in [1.29, 1.82) is 5.26 Å². The summed E-state index contributed by atoms with van der Waals surface area (Å²) in [4.78, 5) is 13.7. The Morgan fingerprint density at radius 2 is 1.90 bits per heavy atom. The first-order chi connectivity index (χ1) is 13.7. The summed E-state index contributed by atoms with van der Waals surface area (Å²) in [5, 5.41) is 13.9. The van der Waals surface area contributed by atoms with Gasteiger partial charge in [0.25, 0.3) is 0 Å². The van der Waals surface area contributed by atoms with Gasteiger partial charge in [0, 0.05) is 42.7 Å². The molecule has 0 saturated carbocycles. The lowest BCUT2D eigenvalue weighted by atomic mass is 9.97. The molecular formula is C22H23N7. The molecule has 0 N–H and O–H groups in total. The summed E-state index contributed by atoms with van der Waals surface area (Å²) in [6.07, 6.45) is 5.65. The number of pyridine rings is 2. The number of nitriles is 1. The molecule has 0 aliphatic rings. The third kappa shape index (κ3) is 3.61. The lowest BCUT2D eigenvalue weighted by Crippen LogP contribution is -2.15. The van der Waals surface area contributed by atoms with Crippen molar-refractivity contribution in [3.05, 3.63) is 48.3 Å². The smallest absolute Gasteiger partial charge is 0.159 e. The molecule has 0 radical (unpaired) electrons. The van der Waals surface area contributed by atoms with Crippen molar-refractivity contribution in [3.8, 4) is 28.5 Å². The summed E-state index contributed by atoms with van der Waals surface area (Å²) in [5.74, 6) is 0.895. The number of nitrogens with zero attached hydrogens (tertiary/aromatic N) is 7. The summed E-state index contributed by atoms with van der Waals surface area (Å²) in [6, 6.07) is 7.76. The first-order valence-electron chi connectivity index (χ1n) is 9.48. The van der Waals surface area contributed by atoms with E-state index in [4.69, 9.17) is 0 Å². The Balaban J connectivity index is 1.84. The Bertz CT molecular complexity index is 1250. The molecule has 4 heterocycles.